The lowest BCUT2D eigenvalue weighted by molar-refractivity contribution is -0.123. The standard InChI is InChI=1S/C18H24FN3O2/c1-11-5-6-13-14(3-2-4-15(13)19)16(11)21-18(24)22-9-7-12(8-10-22)17(20)23/h2-4,11-12,16H,5-10H2,1H3,(H2,20,23)(H,21,24)/t11-,16-/m0/s1. The summed E-state index contributed by atoms with van der Waals surface area (Å²) in [6, 6.07) is 4.75. The highest BCUT2D eigenvalue weighted by Crippen LogP contribution is 2.35. The Morgan fingerprint density at radius 2 is 1.96 bits per heavy atom. The van der Waals surface area contributed by atoms with Crippen molar-refractivity contribution in [3.63, 3.8) is 0 Å². The molecule has 1 heterocycles. The molecule has 3 rings (SSSR count). The van der Waals surface area contributed by atoms with E-state index in [0.717, 1.165) is 12.0 Å². The van der Waals surface area contributed by atoms with Crippen molar-refractivity contribution >= 4 is 11.9 Å². The Morgan fingerprint density at radius 1 is 1.25 bits per heavy atom. The number of nitrogens with two attached hydrogens (primary N) is 1. The second-order valence-corrected chi connectivity index (χ2v) is 6.91. The number of nitrogens with zero attached hydrogens (tertiary/aromatic N) is 1. The monoisotopic (exact) mass is 333 g/mol. The van der Waals surface area contributed by atoms with Gasteiger partial charge in [-0.25, -0.2) is 9.18 Å². The second kappa shape index (κ2) is 6.79. The number of nitrogens with one attached hydrogen (secondary N) is 1. The van der Waals surface area contributed by atoms with Crippen LogP contribution in [0.3, 0.4) is 0 Å². The number of fused-ring (bicyclic) bond motifs is 1. The minimum atomic E-state index is -0.291. The molecule has 1 aromatic carbocycles. The number of amides is 3. The van der Waals surface area contributed by atoms with Gasteiger partial charge in [-0.15, -0.1) is 0 Å². The van der Waals surface area contributed by atoms with E-state index in [4.69, 9.17) is 5.73 Å². The number of likely N-dealkylation sites (tertiary alicyclic amines) is 1. The molecule has 1 aliphatic carbocycles. The molecular weight excluding hydrogens is 309 g/mol. The van der Waals surface area contributed by atoms with Gasteiger partial charge in [0.2, 0.25) is 5.91 Å². The van der Waals surface area contributed by atoms with E-state index in [1.807, 2.05) is 6.07 Å². The third-order valence-corrected chi connectivity index (χ3v) is 5.37. The first-order valence-electron chi connectivity index (χ1n) is 8.59. The summed E-state index contributed by atoms with van der Waals surface area (Å²) in [6.07, 6.45) is 2.77. The second-order valence-electron chi connectivity index (χ2n) is 6.91. The highest BCUT2D eigenvalue weighted by atomic mass is 19.1. The van der Waals surface area contributed by atoms with Crippen LogP contribution in [0.15, 0.2) is 18.2 Å². The van der Waals surface area contributed by atoms with Crippen molar-refractivity contribution in [2.45, 2.75) is 38.6 Å². The molecule has 1 saturated heterocycles. The molecule has 2 atom stereocenters. The van der Waals surface area contributed by atoms with Gasteiger partial charge in [0.05, 0.1) is 6.04 Å². The summed E-state index contributed by atoms with van der Waals surface area (Å²) in [5.41, 5.74) is 6.93. The Labute approximate surface area is 141 Å². The zero-order valence-electron chi connectivity index (χ0n) is 13.9. The quantitative estimate of drug-likeness (QED) is 0.872. The van der Waals surface area contributed by atoms with Crippen molar-refractivity contribution in [3.05, 3.63) is 35.1 Å². The van der Waals surface area contributed by atoms with E-state index in [-0.39, 0.29) is 35.6 Å². The fourth-order valence-corrected chi connectivity index (χ4v) is 3.79. The number of halogens is 1. The number of primary amides is 1. The lowest BCUT2D eigenvalue weighted by Gasteiger charge is -2.36. The maximum absolute atomic E-state index is 14.0. The van der Waals surface area contributed by atoms with Crippen LogP contribution in [0.2, 0.25) is 0 Å². The van der Waals surface area contributed by atoms with Crippen LogP contribution in [0.1, 0.15) is 43.4 Å². The first-order valence-corrected chi connectivity index (χ1v) is 8.59. The summed E-state index contributed by atoms with van der Waals surface area (Å²) in [5, 5.41) is 3.07. The predicted octanol–water partition coefficient (Wildman–Crippen LogP) is 2.36. The average molecular weight is 333 g/mol. The number of rotatable bonds is 2. The minimum absolute atomic E-state index is 0.141. The van der Waals surface area contributed by atoms with Crippen LogP contribution in [-0.2, 0) is 11.2 Å². The van der Waals surface area contributed by atoms with Crippen molar-refractivity contribution in [1.29, 1.82) is 0 Å². The van der Waals surface area contributed by atoms with Gasteiger partial charge in [0.25, 0.3) is 0 Å². The number of hydrogen-bond acceptors (Lipinski definition) is 2. The predicted molar refractivity (Wildman–Crippen MR) is 88.6 cm³/mol. The summed E-state index contributed by atoms with van der Waals surface area (Å²) in [6.45, 7) is 3.13. The topological polar surface area (TPSA) is 75.4 Å². The van der Waals surface area contributed by atoms with E-state index in [0.29, 0.717) is 37.9 Å². The molecule has 0 spiro atoms. The van der Waals surface area contributed by atoms with Crippen LogP contribution >= 0.6 is 0 Å². The van der Waals surface area contributed by atoms with E-state index >= 15 is 0 Å². The fraction of sp³-hybridized carbons (Fsp3) is 0.556. The van der Waals surface area contributed by atoms with Gasteiger partial charge in [-0.3, -0.25) is 4.79 Å². The zero-order chi connectivity index (χ0) is 17.3. The Kier molecular flexibility index (Phi) is 4.73. The summed E-state index contributed by atoms with van der Waals surface area (Å²) in [4.78, 5) is 25.5. The third-order valence-electron chi connectivity index (χ3n) is 5.37. The Bertz CT molecular complexity index is 641. The summed E-state index contributed by atoms with van der Waals surface area (Å²) >= 11 is 0. The molecular formula is C18H24FN3O2. The van der Waals surface area contributed by atoms with Gasteiger partial charge in [0.15, 0.2) is 0 Å². The van der Waals surface area contributed by atoms with Crippen LogP contribution in [-0.4, -0.2) is 29.9 Å². The van der Waals surface area contributed by atoms with Gasteiger partial charge in [-0.05, 0) is 48.8 Å². The van der Waals surface area contributed by atoms with E-state index in [9.17, 15) is 14.0 Å². The van der Waals surface area contributed by atoms with Gasteiger partial charge in [0.1, 0.15) is 5.82 Å². The number of carbonyl (C=O) groups excluding carboxylic acids is 2. The van der Waals surface area contributed by atoms with Gasteiger partial charge in [0, 0.05) is 19.0 Å². The number of urea groups is 1. The molecule has 3 N–H and O–H groups in total. The molecule has 0 aromatic heterocycles. The fourth-order valence-electron chi connectivity index (χ4n) is 3.79. The van der Waals surface area contributed by atoms with Gasteiger partial charge in [-0.1, -0.05) is 19.1 Å². The van der Waals surface area contributed by atoms with E-state index in [2.05, 4.69) is 12.2 Å². The minimum Gasteiger partial charge on any atom is -0.369 e. The van der Waals surface area contributed by atoms with E-state index < -0.39 is 0 Å². The van der Waals surface area contributed by atoms with Crippen LogP contribution in [0.25, 0.3) is 0 Å². The summed E-state index contributed by atoms with van der Waals surface area (Å²) in [5.74, 6) is -0.370. The molecule has 1 aliphatic heterocycles. The zero-order valence-corrected chi connectivity index (χ0v) is 13.9. The molecule has 0 bridgehead atoms. The first kappa shape index (κ1) is 16.7. The summed E-state index contributed by atoms with van der Waals surface area (Å²) in [7, 11) is 0. The number of benzene rings is 1. The van der Waals surface area contributed by atoms with E-state index in [1.165, 1.54) is 6.07 Å². The average Bonchev–Trinajstić information content (AvgIpc) is 2.57. The Hall–Kier alpha value is -2.11. The lowest BCUT2D eigenvalue weighted by atomic mass is 9.80. The summed E-state index contributed by atoms with van der Waals surface area (Å²) < 4.78 is 14.0. The first-order chi connectivity index (χ1) is 11.5. The highest BCUT2D eigenvalue weighted by Gasteiger charge is 2.32. The van der Waals surface area contributed by atoms with Crippen molar-refractivity contribution in [2.75, 3.05) is 13.1 Å². The van der Waals surface area contributed by atoms with Gasteiger partial charge in [-0.2, -0.15) is 0 Å². The van der Waals surface area contributed by atoms with Crippen molar-refractivity contribution in [1.82, 2.24) is 10.2 Å². The van der Waals surface area contributed by atoms with Crippen LogP contribution in [0, 0.1) is 17.7 Å². The largest absolute Gasteiger partial charge is 0.369 e. The third kappa shape index (κ3) is 3.23. The van der Waals surface area contributed by atoms with E-state index in [1.54, 1.807) is 11.0 Å². The molecule has 1 aromatic rings. The number of hydrogen-bond donors (Lipinski definition) is 2. The molecule has 24 heavy (non-hydrogen) atoms. The Balaban J connectivity index is 1.69. The molecule has 6 heteroatoms. The molecule has 2 aliphatic rings. The number of carbonyl (C=O) groups is 2. The smallest absolute Gasteiger partial charge is 0.317 e. The van der Waals surface area contributed by atoms with Crippen LogP contribution < -0.4 is 11.1 Å². The molecule has 130 valence electrons. The normalized spacial score (nSPS) is 24.3. The highest BCUT2D eigenvalue weighted by molar-refractivity contribution is 5.78. The molecule has 1 fully saturated rings. The van der Waals surface area contributed by atoms with Gasteiger partial charge < -0.3 is 16.0 Å². The molecule has 5 nitrogen and oxygen atoms in total. The maximum Gasteiger partial charge on any atom is 0.317 e. The van der Waals surface area contributed by atoms with Crippen LogP contribution in [0.4, 0.5) is 9.18 Å². The SMILES string of the molecule is C[C@H]1CCc2c(F)cccc2[C@H]1NC(=O)N1CCC(C(N)=O)CC1. The maximum atomic E-state index is 14.0. The molecule has 0 saturated carbocycles. The molecule has 3 amide bonds. The number of piperidine rings is 1. The molecule has 0 radical (unpaired) electrons. The van der Waals surface area contributed by atoms with Crippen molar-refractivity contribution < 1.29 is 14.0 Å². The van der Waals surface area contributed by atoms with Crippen molar-refractivity contribution in [2.24, 2.45) is 17.6 Å². The van der Waals surface area contributed by atoms with Crippen LogP contribution in [0.5, 0.6) is 0 Å². The molecule has 0 unspecified atom stereocenters. The lowest BCUT2D eigenvalue weighted by Crippen LogP contribution is -2.48. The Morgan fingerprint density at radius 3 is 2.62 bits per heavy atom. The van der Waals surface area contributed by atoms with Gasteiger partial charge >= 0.3 is 6.03 Å². The van der Waals surface area contributed by atoms with Crippen molar-refractivity contribution in [3.8, 4) is 0 Å².